The summed E-state index contributed by atoms with van der Waals surface area (Å²) < 4.78 is 11.9. The summed E-state index contributed by atoms with van der Waals surface area (Å²) in [5.41, 5.74) is 1.23. The van der Waals surface area contributed by atoms with Gasteiger partial charge in [0.05, 0.1) is 0 Å². The lowest BCUT2D eigenvalue weighted by atomic mass is 10.0. The Hall–Kier alpha value is -0.780. The van der Waals surface area contributed by atoms with Crippen LogP contribution in [0, 0.1) is 0 Å². The fraction of sp³-hybridized carbons (Fsp3) is 0.625. The van der Waals surface area contributed by atoms with Crippen LogP contribution in [0.4, 0.5) is 0 Å². The summed E-state index contributed by atoms with van der Waals surface area (Å²) in [6.07, 6.45) is 2.45. The lowest BCUT2D eigenvalue weighted by Gasteiger charge is -2.35. The van der Waals surface area contributed by atoms with Gasteiger partial charge in [0.1, 0.15) is 0 Å². The van der Waals surface area contributed by atoms with Gasteiger partial charge in [0.15, 0.2) is 11.5 Å². The Morgan fingerprint density at radius 1 is 1.24 bits per heavy atom. The van der Waals surface area contributed by atoms with E-state index in [4.69, 9.17) is 9.47 Å². The maximum absolute atomic E-state index is 5.45. The lowest BCUT2D eigenvalue weighted by molar-refractivity contribution is 0.161. The molecule has 0 amide bonds. The van der Waals surface area contributed by atoms with Gasteiger partial charge in [-0.25, -0.2) is 0 Å². The van der Waals surface area contributed by atoms with Crippen molar-refractivity contribution in [2.45, 2.75) is 45.3 Å². The number of hydrogen-bond acceptors (Lipinski definition) is 4. The minimum absolute atomic E-state index is 0.326. The third-order valence-electron chi connectivity index (χ3n) is 4.38. The molecule has 4 nitrogen and oxygen atoms in total. The van der Waals surface area contributed by atoms with Crippen molar-refractivity contribution < 1.29 is 9.47 Å². The van der Waals surface area contributed by atoms with E-state index in [1.807, 2.05) is 6.07 Å². The highest BCUT2D eigenvalue weighted by atomic mass is 79.9. The molecule has 2 heterocycles. The molecule has 5 heteroatoms. The lowest BCUT2D eigenvalue weighted by Crippen LogP contribution is -2.44. The van der Waals surface area contributed by atoms with E-state index in [1.54, 1.807) is 0 Å². The summed E-state index contributed by atoms with van der Waals surface area (Å²) >= 11 is 3.62. The highest BCUT2D eigenvalue weighted by Gasteiger charge is 2.21. The largest absolute Gasteiger partial charge is 0.454 e. The van der Waals surface area contributed by atoms with Crippen LogP contribution in [0.15, 0.2) is 16.6 Å². The second-order valence-electron chi connectivity index (χ2n) is 6.08. The zero-order valence-electron chi connectivity index (χ0n) is 12.7. The standard InChI is InChI=1S/C16H23BrN2O2/c1-11(2)19-5-3-13(4-6-19)18-9-12-7-15-16(8-14(12)17)21-10-20-15/h7-8,11,13,18H,3-6,9-10H2,1-2H3. The van der Waals surface area contributed by atoms with Crippen LogP contribution in [0.25, 0.3) is 0 Å². The zero-order chi connectivity index (χ0) is 14.8. The van der Waals surface area contributed by atoms with Crippen LogP contribution in [0.2, 0.25) is 0 Å². The average Bonchev–Trinajstić information content (AvgIpc) is 2.92. The van der Waals surface area contributed by atoms with Gasteiger partial charge in [-0.1, -0.05) is 15.9 Å². The molecular formula is C16H23BrN2O2. The fourth-order valence-corrected chi connectivity index (χ4v) is 3.43. The van der Waals surface area contributed by atoms with Crippen molar-refractivity contribution in [1.82, 2.24) is 10.2 Å². The molecule has 1 fully saturated rings. The Morgan fingerprint density at radius 2 is 1.90 bits per heavy atom. The Balaban J connectivity index is 1.54. The summed E-state index contributed by atoms with van der Waals surface area (Å²) in [5, 5.41) is 3.68. The van der Waals surface area contributed by atoms with E-state index in [-0.39, 0.29) is 0 Å². The Morgan fingerprint density at radius 3 is 2.57 bits per heavy atom. The highest BCUT2D eigenvalue weighted by Crippen LogP contribution is 2.36. The molecular weight excluding hydrogens is 332 g/mol. The van der Waals surface area contributed by atoms with E-state index in [9.17, 15) is 0 Å². The molecule has 0 bridgehead atoms. The van der Waals surface area contributed by atoms with Crippen molar-refractivity contribution in [2.24, 2.45) is 0 Å². The van der Waals surface area contributed by atoms with E-state index < -0.39 is 0 Å². The van der Waals surface area contributed by atoms with Crippen molar-refractivity contribution in [1.29, 1.82) is 0 Å². The number of benzene rings is 1. The average molecular weight is 355 g/mol. The van der Waals surface area contributed by atoms with Gasteiger partial charge in [-0.05, 0) is 57.5 Å². The van der Waals surface area contributed by atoms with Gasteiger partial charge in [-0.2, -0.15) is 0 Å². The van der Waals surface area contributed by atoms with Crippen LogP contribution in [-0.4, -0.2) is 36.9 Å². The number of nitrogens with zero attached hydrogens (tertiary/aromatic N) is 1. The number of ether oxygens (including phenoxy) is 2. The number of halogens is 1. The molecule has 1 saturated heterocycles. The van der Waals surface area contributed by atoms with Gasteiger partial charge in [0.2, 0.25) is 6.79 Å². The molecule has 0 spiro atoms. The summed E-state index contributed by atoms with van der Waals surface area (Å²) in [5.74, 6) is 1.68. The Kier molecular flexibility index (Phi) is 4.72. The monoisotopic (exact) mass is 354 g/mol. The number of hydrogen-bond donors (Lipinski definition) is 1. The smallest absolute Gasteiger partial charge is 0.231 e. The third kappa shape index (κ3) is 3.52. The summed E-state index contributed by atoms with van der Waals surface area (Å²) in [4.78, 5) is 2.55. The van der Waals surface area contributed by atoms with Crippen LogP contribution in [0.1, 0.15) is 32.3 Å². The van der Waals surface area contributed by atoms with Gasteiger partial charge in [-0.15, -0.1) is 0 Å². The van der Waals surface area contributed by atoms with E-state index in [0.29, 0.717) is 18.9 Å². The number of piperidine rings is 1. The second-order valence-corrected chi connectivity index (χ2v) is 6.94. The van der Waals surface area contributed by atoms with E-state index in [2.05, 4.69) is 46.1 Å². The van der Waals surface area contributed by atoms with Crippen molar-refractivity contribution in [3.63, 3.8) is 0 Å². The van der Waals surface area contributed by atoms with E-state index in [1.165, 1.54) is 31.5 Å². The molecule has 0 atom stereocenters. The van der Waals surface area contributed by atoms with Crippen LogP contribution >= 0.6 is 15.9 Å². The molecule has 2 aliphatic rings. The number of likely N-dealkylation sites (tertiary alicyclic amines) is 1. The molecule has 0 aliphatic carbocycles. The summed E-state index contributed by atoms with van der Waals surface area (Å²) in [6, 6.07) is 5.34. The van der Waals surface area contributed by atoms with Crippen LogP contribution in [0.5, 0.6) is 11.5 Å². The minimum Gasteiger partial charge on any atom is -0.454 e. The molecule has 1 N–H and O–H groups in total. The molecule has 3 rings (SSSR count). The van der Waals surface area contributed by atoms with E-state index in [0.717, 1.165) is 22.5 Å². The Bertz CT molecular complexity index is 499. The van der Waals surface area contributed by atoms with Crippen molar-refractivity contribution >= 4 is 15.9 Å². The summed E-state index contributed by atoms with van der Waals surface area (Å²) in [7, 11) is 0. The van der Waals surface area contributed by atoms with Crippen molar-refractivity contribution in [2.75, 3.05) is 19.9 Å². The molecule has 0 unspecified atom stereocenters. The first-order chi connectivity index (χ1) is 10.1. The number of fused-ring (bicyclic) bond motifs is 1. The Labute approximate surface area is 134 Å². The first-order valence-corrected chi connectivity index (χ1v) is 8.48. The topological polar surface area (TPSA) is 33.7 Å². The molecule has 0 saturated carbocycles. The normalized spacial score (nSPS) is 19.4. The van der Waals surface area contributed by atoms with Gasteiger partial charge in [0, 0.05) is 23.1 Å². The van der Waals surface area contributed by atoms with Crippen molar-refractivity contribution in [3.05, 3.63) is 22.2 Å². The fourth-order valence-electron chi connectivity index (χ4n) is 2.97. The predicted octanol–water partition coefficient (Wildman–Crippen LogP) is 3.14. The van der Waals surface area contributed by atoms with Crippen LogP contribution in [-0.2, 0) is 6.54 Å². The van der Waals surface area contributed by atoms with Crippen LogP contribution in [0.3, 0.4) is 0 Å². The van der Waals surface area contributed by atoms with E-state index >= 15 is 0 Å². The first-order valence-electron chi connectivity index (χ1n) is 7.69. The van der Waals surface area contributed by atoms with Gasteiger partial charge >= 0.3 is 0 Å². The predicted molar refractivity (Wildman–Crippen MR) is 86.8 cm³/mol. The van der Waals surface area contributed by atoms with Gasteiger partial charge in [-0.3, -0.25) is 0 Å². The van der Waals surface area contributed by atoms with Crippen LogP contribution < -0.4 is 14.8 Å². The first kappa shape index (κ1) is 15.1. The minimum atomic E-state index is 0.326. The number of rotatable bonds is 4. The molecule has 21 heavy (non-hydrogen) atoms. The second kappa shape index (κ2) is 6.55. The molecule has 0 aromatic heterocycles. The van der Waals surface area contributed by atoms with Gasteiger partial charge < -0.3 is 19.7 Å². The zero-order valence-corrected chi connectivity index (χ0v) is 14.3. The maximum Gasteiger partial charge on any atom is 0.231 e. The molecule has 0 radical (unpaired) electrons. The molecule has 1 aromatic carbocycles. The quantitative estimate of drug-likeness (QED) is 0.900. The van der Waals surface area contributed by atoms with Gasteiger partial charge in [0.25, 0.3) is 0 Å². The maximum atomic E-state index is 5.45. The summed E-state index contributed by atoms with van der Waals surface area (Å²) in [6.45, 7) is 8.13. The highest BCUT2D eigenvalue weighted by molar-refractivity contribution is 9.10. The molecule has 1 aromatic rings. The number of nitrogens with one attached hydrogen (secondary N) is 1. The molecule has 2 aliphatic heterocycles. The van der Waals surface area contributed by atoms with Crippen molar-refractivity contribution in [3.8, 4) is 11.5 Å². The molecule has 116 valence electrons. The SMILES string of the molecule is CC(C)N1CCC(NCc2cc3c(cc2Br)OCO3)CC1. The third-order valence-corrected chi connectivity index (χ3v) is 5.12.